The Hall–Kier alpha value is -4.13. The molecule has 7 nitrogen and oxygen atoms in total. The van der Waals surface area contributed by atoms with E-state index in [9.17, 15) is 14.4 Å². The molecule has 3 rings (SSSR count). The lowest BCUT2D eigenvalue weighted by molar-refractivity contribution is -0.143. The van der Waals surface area contributed by atoms with E-state index in [0.29, 0.717) is 29.9 Å². The van der Waals surface area contributed by atoms with Crippen LogP contribution < -0.4 is 14.2 Å². The van der Waals surface area contributed by atoms with Crippen molar-refractivity contribution in [1.82, 2.24) is 0 Å². The Morgan fingerprint density at radius 2 is 1.56 bits per heavy atom. The smallest absolute Gasteiger partial charge is 0.338 e. The number of ether oxygens (including phenoxy) is 4. The molecule has 0 bridgehead atoms. The third kappa shape index (κ3) is 5.09. The molecule has 34 heavy (non-hydrogen) atoms. The topological polar surface area (TPSA) is 88.1 Å². The van der Waals surface area contributed by atoms with Crippen LogP contribution in [0.1, 0.15) is 37.5 Å². The Labute approximate surface area is 198 Å². The minimum Gasteiger partial charge on any atom is -0.493 e. The maximum absolute atomic E-state index is 12.2. The van der Waals surface area contributed by atoms with E-state index in [1.54, 1.807) is 32.0 Å². The van der Waals surface area contributed by atoms with Gasteiger partial charge >= 0.3 is 17.9 Å². The molecule has 2 aromatic rings. The summed E-state index contributed by atoms with van der Waals surface area (Å²) in [4.78, 5) is 36.2. The number of carbonyl (C=O) groups excluding carboxylic acids is 3. The van der Waals surface area contributed by atoms with Crippen molar-refractivity contribution in [3.05, 3.63) is 78.4 Å². The van der Waals surface area contributed by atoms with Crippen molar-refractivity contribution < 1.29 is 33.3 Å². The maximum Gasteiger partial charge on any atom is 0.338 e. The number of carbonyl (C=O) groups is 3. The van der Waals surface area contributed by atoms with Gasteiger partial charge in [0.25, 0.3) is 0 Å². The Balaban J connectivity index is 2.11. The summed E-state index contributed by atoms with van der Waals surface area (Å²) in [5.74, 6) is -0.785. The van der Waals surface area contributed by atoms with Crippen molar-refractivity contribution in [2.45, 2.75) is 32.8 Å². The van der Waals surface area contributed by atoms with Crippen LogP contribution in [0.25, 0.3) is 11.1 Å². The first-order valence-electron chi connectivity index (χ1n) is 10.6. The zero-order valence-electron chi connectivity index (χ0n) is 19.4. The van der Waals surface area contributed by atoms with Crippen LogP contribution in [-0.2, 0) is 25.5 Å². The van der Waals surface area contributed by atoms with E-state index >= 15 is 0 Å². The fraction of sp³-hybridized carbons (Fsp3) is 0.222. The summed E-state index contributed by atoms with van der Waals surface area (Å²) in [5.41, 5.74) is 3.53. The van der Waals surface area contributed by atoms with Crippen LogP contribution in [0.15, 0.2) is 67.3 Å². The van der Waals surface area contributed by atoms with Crippen molar-refractivity contribution in [2.75, 3.05) is 7.11 Å². The summed E-state index contributed by atoms with van der Waals surface area (Å²) in [6, 6.07) is 8.68. The predicted octanol–water partition coefficient (Wildman–Crippen LogP) is 5.04. The Morgan fingerprint density at radius 1 is 0.941 bits per heavy atom. The summed E-state index contributed by atoms with van der Waals surface area (Å²) in [6.07, 6.45) is 1.57. The number of hydrogen-bond acceptors (Lipinski definition) is 7. The summed E-state index contributed by atoms with van der Waals surface area (Å²) in [7, 11) is 1.48. The SMILES string of the molecule is C=CC(=O)OC1CCc2c(-c3ccc(OC)c(OC(=O)C(=C)C)c3)ccc(OC(=O)C(=C)C)c21. The fourth-order valence-electron chi connectivity index (χ4n) is 3.65. The summed E-state index contributed by atoms with van der Waals surface area (Å²) < 4.78 is 21.8. The van der Waals surface area contributed by atoms with Gasteiger partial charge in [-0.15, -0.1) is 0 Å². The van der Waals surface area contributed by atoms with E-state index in [2.05, 4.69) is 19.7 Å². The van der Waals surface area contributed by atoms with E-state index in [1.807, 2.05) is 12.1 Å². The van der Waals surface area contributed by atoms with Gasteiger partial charge in [0.1, 0.15) is 11.9 Å². The molecule has 2 aromatic carbocycles. The number of esters is 3. The molecule has 0 spiro atoms. The van der Waals surface area contributed by atoms with E-state index in [4.69, 9.17) is 18.9 Å². The zero-order chi connectivity index (χ0) is 25.0. The number of hydrogen-bond donors (Lipinski definition) is 0. The van der Waals surface area contributed by atoms with Gasteiger partial charge in [-0.05, 0) is 61.6 Å². The molecule has 0 saturated carbocycles. The van der Waals surface area contributed by atoms with E-state index < -0.39 is 24.0 Å². The zero-order valence-corrected chi connectivity index (χ0v) is 19.4. The van der Waals surface area contributed by atoms with E-state index in [-0.39, 0.29) is 16.9 Å². The van der Waals surface area contributed by atoms with Gasteiger partial charge in [-0.1, -0.05) is 31.9 Å². The Morgan fingerprint density at radius 3 is 2.15 bits per heavy atom. The molecule has 0 N–H and O–H groups in total. The molecular formula is C27H26O7. The van der Waals surface area contributed by atoms with Crippen LogP contribution in [0.3, 0.4) is 0 Å². The lowest BCUT2D eigenvalue weighted by atomic mass is 9.95. The quantitative estimate of drug-likeness (QED) is 0.308. The third-order valence-electron chi connectivity index (χ3n) is 5.30. The summed E-state index contributed by atoms with van der Waals surface area (Å²) >= 11 is 0. The number of fused-ring (bicyclic) bond motifs is 1. The Kier molecular flexibility index (Phi) is 7.36. The third-order valence-corrected chi connectivity index (χ3v) is 5.30. The molecule has 176 valence electrons. The molecule has 1 unspecified atom stereocenters. The summed E-state index contributed by atoms with van der Waals surface area (Å²) in [5, 5.41) is 0. The summed E-state index contributed by atoms with van der Waals surface area (Å²) in [6.45, 7) is 13.8. The Bertz CT molecular complexity index is 1210. The van der Waals surface area contributed by atoms with Crippen molar-refractivity contribution in [3.63, 3.8) is 0 Å². The van der Waals surface area contributed by atoms with Crippen molar-refractivity contribution >= 4 is 17.9 Å². The van der Waals surface area contributed by atoms with Gasteiger partial charge in [-0.3, -0.25) is 0 Å². The number of methoxy groups -OCH3 is 1. The average Bonchev–Trinajstić information content (AvgIpc) is 3.22. The highest BCUT2D eigenvalue weighted by Crippen LogP contribution is 2.46. The number of rotatable bonds is 8. The number of benzene rings is 2. The highest BCUT2D eigenvalue weighted by Gasteiger charge is 2.32. The van der Waals surface area contributed by atoms with Crippen LogP contribution in [0.4, 0.5) is 0 Å². The largest absolute Gasteiger partial charge is 0.493 e. The van der Waals surface area contributed by atoms with Gasteiger partial charge in [-0.25, -0.2) is 14.4 Å². The van der Waals surface area contributed by atoms with E-state index in [0.717, 1.165) is 22.8 Å². The molecule has 1 atom stereocenters. The van der Waals surface area contributed by atoms with Gasteiger partial charge in [0.2, 0.25) is 0 Å². The minimum atomic E-state index is -0.604. The van der Waals surface area contributed by atoms with Gasteiger partial charge in [-0.2, -0.15) is 0 Å². The molecule has 7 heteroatoms. The lowest BCUT2D eigenvalue weighted by Gasteiger charge is -2.18. The standard InChI is InChI=1S/C27H26O7/c1-7-24(28)32-21-13-10-19-18(9-12-22(25(19)21)33-26(29)15(2)3)17-8-11-20(31-6)23(14-17)34-27(30)16(4)5/h7-9,11-12,14,21H,1-2,4,10,13H2,3,5-6H3. The van der Waals surface area contributed by atoms with Crippen molar-refractivity contribution in [3.8, 4) is 28.4 Å². The highest BCUT2D eigenvalue weighted by molar-refractivity contribution is 5.90. The average molecular weight is 462 g/mol. The normalized spacial score (nSPS) is 13.9. The molecule has 1 aliphatic rings. The van der Waals surface area contributed by atoms with Crippen LogP contribution in [0.5, 0.6) is 17.2 Å². The van der Waals surface area contributed by atoms with Crippen molar-refractivity contribution in [2.24, 2.45) is 0 Å². The highest BCUT2D eigenvalue weighted by atomic mass is 16.6. The first-order chi connectivity index (χ1) is 16.2. The predicted molar refractivity (Wildman–Crippen MR) is 127 cm³/mol. The maximum atomic E-state index is 12.2. The first kappa shape index (κ1) is 24.5. The molecular weight excluding hydrogens is 436 g/mol. The molecule has 0 saturated heterocycles. The first-order valence-corrected chi connectivity index (χ1v) is 10.6. The van der Waals surface area contributed by atoms with Gasteiger partial charge < -0.3 is 18.9 Å². The second kappa shape index (κ2) is 10.2. The van der Waals surface area contributed by atoms with Crippen LogP contribution >= 0.6 is 0 Å². The van der Waals surface area contributed by atoms with Gasteiger partial charge in [0.05, 0.1) is 7.11 Å². The molecule has 0 fully saturated rings. The molecule has 1 aliphatic carbocycles. The second-order valence-corrected chi connectivity index (χ2v) is 7.88. The van der Waals surface area contributed by atoms with Crippen LogP contribution in [-0.4, -0.2) is 25.0 Å². The molecule has 0 heterocycles. The lowest BCUT2D eigenvalue weighted by Crippen LogP contribution is -2.13. The monoisotopic (exact) mass is 462 g/mol. The van der Waals surface area contributed by atoms with E-state index in [1.165, 1.54) is 7.11 Å². The molecule has 0 aromatic heterocycles. The molecule has 0 amide bonds. The van der Waals surface area contributed by atoms with Crippen molar-refractivity contribution in [1.29, 1.82) is 0 Å². The minimum absolute atomic E-state index is 0.243. The second-order valence-electron chi connectivity index (χ2n) is 7.88. The van der Waals surface area contributed by atoms with Gasteiger partial charge in [0, 0.05) is 22.8 Å². The van der Waals surface area contributed by atoms with Gasteiger partial charge in [0.15, 0.2) is 11.5 Å². The van der Waals surface area contributed by atoms with Crippen LogP contribution in [0.2, 0.25) is 0 Å². The van der Waals surface area contributed by atoms with Crippen LogP contribution in [0, 0.1) is 0 Å². The molecule has 0 radical (unpaired) electrons. The molecule has 0 aliphatic heterocycles. The fourth-order valence-corrected chi connectivity index (χ4v) is 3.65.